The lowest BCUT2D eigenvalue weighted by Gasteiger charge is -2.16. The number of methoxy groups -OCH3 is 2. The highest BCUT2D eigenvalue weighted by Crippen LogP contribution is 2.34. The third-order valence-corrected chi connectivity index (χ3v) is 5.44. The number of hydrogen-bond acceptors (Lipinski definition) is 5. The van der Waals surface area contributed by atoms with Crippen LogP contribution in [-0.4, -0.2) is 37.4 Å². The van der Waals surface area contributed by atoms with Crippen LogP contribution in [0.4, 0.5) is 0 Å². The molecular formula is C25H25N3O3. The summed E-state index contributed by atoms with van der Waals surface area (Å²) in [4.78, 5) is 13.2. The van der Waals surface area contributed by atoms with Crippen molar-refractivity contribution in [3.63, 3.8) is 0 Å². The van der Waals surface area contributed by atoms with Gasteiger partial charge in [-0.25, -0.2) is 5.01 Å². The number of hydrogen-bond donors (Lipinski definition) is 1. The molecule has 4 rings (SSSR count). The zero-order valence-electron chi connectivity index (χ0n) is 17.6. The molecule has 1 aliphatic rings. The normalized spacial score (nSPS) is 15.5. The number of amides is 1. The van der Waals surface area contributed by atoms with Gasteiger partial charge < -0.3 is 15.2 Å². The number of ether oxygens (including phenoxy) is 2. The Bertz CT molecular complexity index is 1110. The minimum atomic E-state index is -0.147. The van der Waals surface area contributed by atoms with E-state index in [4.69, 9.17) is 20.3 Å². The van der Waals surface area contributed by atoms with Gasteiger partial charge in [-0.3, -0.25) is 4.79 Å². The van der Waals surface area contributed by atoms with Gasteiger partial charge in [-0.15, -0.1) is 0 Å². The van der Waals surface area contributed by atoms with Crippen molar-refractivity contribution in [1.82, 2.24) is 5.01 Å². The number of nitrogens with two attached hydrogens (primary N) is 1. The fourth-order valence-corrected chi connectivity index (χ4v) is 3.81. The monoisotopic (exact) mass is 415 g/mol. The van der Waals surface area contributed by atoms with E-state index in [1.165, 1.54) is 0 Å². The Morgan fingerprint density at radius 3 is 2.48 bits per heavy atom. The van der Waals surface area contributed by atoms with Crippen molar-refractivity contribution in [3.05, 3.63) is 95.1 Å². The Morgan fingerprint density at radius 1 is 1.00 bits per heavy atom. The summed E-state index contributed by atoms with van der Waals surface area (Å²) in [6.45, 7) is 0.841. The number of carbonyl (C=O) groups excluding carboxylic acids is 1. The van der Waals surface area contributed by atoms with Crippen molar-refractivity contribution in [2.24, 2.45) is 10.8 Å². The summed E-state index contributed by atoms with van der Waals surface area (Å²) in [7, 11) is 3.21. The smallest absolute Gasteiger partial charge is 0.274 e. The van der Waals surface area contributed by atoms with Gasteiger partial charge in [-0.2, -0.15) is 5.10 Å². The summed E-state index contributed by atoms with van der Waals surface area (Å²) >= 11 is 0. The van der Waals surface area contributed by atoms with E-state index >= 15 is 0 Å². The molecule has 1 unspecified atom stereocenters. The quantitative estimate of drug-likeness (QED) is 0.664. The molecule has 1 atom stereocenters. The predicted octanol–water partition coefficient (Wildman–Crippen LogP) is 3.81. The Hall–Kier alpha value is -3.64. The zero-order chi connectivity index (χ0) is 21.8. The highest BCUT2D eigenvalue weighted by molar-refractivity contribution is 6.08. The van der Waals surface area contributed by atoms with Crippen LogP contribution in [-0.2, 0) is 6.54 Å². The zero-order valence-corrected chi connectivity index (χ0v) is 17.6. The average Bonchev–Trinajstić information content (AvgIpc) is 3.29. The Kier molecular flexibility index (Phi) is 6.00. The maximum Gasteiger partial charge on any atom is 0.274 e. The molecule has 6 nitrogen and oxygen atoms in total. The Balaban J connectivity index is 1.74. The third kappa shape index (κ3) is 4.15. The fraction of sp³-hybridized carbons (Fsp3) is 0.200. The molecule has 0 aromatic heterocycles. The van der Waals surface area contributed by atoms with Gasteiger partial charge in [-0.1, -0.05) is 42.5 Å². The van der Waals surface area contributed by atoms with Crippen molar-refractivity contribution in [1.29, 1.82) is 0 Å². The number of nitrogens with zero attached hydrogens (tertiary/aromatic N) is 2. The van der Waals surface area contributed by atoms with E-state index in [9.17, 15) is 4.79 Å². The van der Waals surface area contributed by atoms with E-state index in [0.717, 1.165) is 22.4 Å². The van der Waals surface area contributed by atoms with E-state index in [1.807, 2.05) is 54.6 Å². The largest absolute Gasteiger partial charge is 0.493 e. The molecule has 0 aliphatic carbocycles. The molecule has 3 aromatic rings. The minimum absolute atomic E-state index is 0.0547. The molecule has 6 heteroatoms. The van der Waals surface area contributed by atoms with E-state index in [0.29, 0.717) is 30.2 Å². The first-order valence-corrected chi connectivity index (χ1v) is 10.1. The highest BCUT2D eigenvalue weighted by Gasteiger charge is 2.33. The molecule has 3 aromatic carbocycles. The van der Waals surface area contributed by atoms with Crippen molar-refractivity contribution in [2.45, 2.75) is 12.5 Å². The second kappa shape index (κ2) is 9.02. The summed E-state index contributed by atoms with van der Waals surface area (Å²) in [5, 5.41) is 6.29. The molecule has 0 radical (unpaired) electrons. The van der Waals surface area contributed by atoms with Gasteiger partial charge in [0, 0.05) is 23.6 Å². The summed E-state index contributed by atoms with van der Waals surface area (Å²) in [6, 6.07) is 23.2. The van der Waals surface area contributed by atoms with Gasteiger partial charge in [0.25, 0.3) is 5.91 Å². The van der Waals surface area contributed by atoms with Gasteiger partial charge in [-0.05, 0) is 41.5 Å². The van der Waals surface area contributed by atoms with Crippen LogP contribution < -0.4 is 15.2 Å². The molecule has 158 valence electrons. The third-order valence-electron chi connectivity index (χ3n) is 5.44. The molecule has 0 saturated heterocycles. The molecular weight excluding hydrogens is 390 g/mol. The first-order chi connectivity index (χ1) is 15.1. The lowest BCUT2D eigenvalue weighted by molar-refractivity contribution is 0.0774. The summed E-state index contributed by atoms with van der Waals surface area (Å²) in [5.41, 5.74) is 10.0. The molecule has 1 aliphatic heterocycles. The Labute approximate surface area is 181 Å². The number of benzene rings is 3. The summed E-state index contributed by atoms with van der Waals surface area (Å²) in [5.74, 6) is 1.07. The van der Waals surface area contributed by atoms with Crippen molar-refractivity contribution < 1.29 is 14.3 Å². The highest BCUT2D eigenvalue weighted by atomic mass is 16.5. The fourth-order valence-electron chi connectivity index (χ4n) is 3.81. The second-order valence-electron chi connectivity index (χ2n) is 7.31. The van der Waals surface area contributed by atoms with Gasteiger partial charge in [0.1, 0.15) is 0 Å². The van der Waals surface area contributed by atoms with Crippen LogP contribution >= 0.6 is 0 Å². The predicted molar refractivity (Wildman–Crippen MR) is 121 cm³/mol. The molecule has 0 saturated carbocycles. The van der Waals surface area contributed by atoms with Gasteiger partial charge >= 0.3 is 0 Å². The lowest BCUT2D eigenvalue weighted by atomic mass is 9.90. The van der Waals surface area contributed by atoms with E-state index < -0.39 is 0 Å². The van der Waals surface area contributed by atoms with Gasteiger partial charge in [0.05, 0.1) is 26.5 Å². The SMILES string of the molecule is COc1ccc(C2=NN(C(=O)c3cccc(CN)c3)CC2c2ccccc2)cc1OC. The van der Waals surface area contributed by atoms with Gasteiger partial charge in [0.15, 0.2) is 11.5 Å². The molecule has 0 spiro atoms. The van der Waals surface area contributed by atoms with Crippen LogP contribution in [0.1, 0.15) is 33.0 Å². The Morgan fingerprint density at radius 2 is 1.77 bits per heavy atom. The van der Waals surface area contributed by atoms with Gasteiger partial charge in [0.2, 0.25) is 0 Å². The van der Waals surface area contributed by atoms with E-state index in [1.54, 1.807) is 25.3 Å². The summed E-state index contributed by atoms with van der Waals surface area (Å²) in [6.07, 6.45) is 0. The second-order valence-corrected chi connectivity index (χ2v) is 7.31. The standard InChI is InChI=1S/C25H25N3O3/c1-30-22-12-11-19(14-23(22)31-2)24-21(18-8-4-3-5-9-18)16-28(27-24)25(29)20-10-6-7-17(13-20)15-26/h3-14,21H,15-16,26H2,1-2H3. The summed E-state index contributed by atoms with van der Waals surface area (Å²) < 4.78 is 10.8. The maximum atomic E-state index is 13.2. The van der Waals surface area contributed by atoms with Crippen LogP contribution in [0, 0.1) is 0 Å². The van der Waals surface area contributed by atoms with Crippen LogP contribution in [0.25, 0.3) is 0 Å². The molecule has 0 bridgehead atoms. The lowest BCUT2D eigenvalue weighted by Crippen LogP contribution is -2.26. The van der Waals surface area contributed by atoms with Crippen molar-refractivity contribution in [3.8, 4) is 11.5 Å². The minimum Gasteiger partial charge on any atom is -0.493 e. The molecule has 1 heterocycles. The van der Waals surface area contributed by atoms with E-state index in [-0.39, 0.29) is 11.8 Å². The first-order valence-electron chi connectivity index (χ1n) is 10.1. The van der Waals surface area contributed by atoms with Crippen LogP contribution in [0.3, 0.4) is 0 Å². The number of rotatable bonds is 6. The number of carbonyl (C=O) groups is 1. The van der Waals surface area contributed by atoms with E-state index in [2.05, 4.69) is 12.1 Å². The number of hydrazone groups is 1. The van der Waals surface area contributed by atoms with Crippen LogP contribution in [0.5, 0.6) is 11.5 Å². The average molecular weight is 415 g/mol. The molecule has 0 fully saturated rings. The molecule has 31 heavy (non-hydrogen) atoms. The van der Waals surface area contributed by atoms with Crippen LogP contribution in [0.15, 0.2) is 77.9 Å². The first kappa shape index (κ1) is 20.6. The topological polar surface area (TPSA) is 77.2 Å². The maximum absolute atomic E-state index is 13.2. The van der Waals surface area contributed by atoms with Crippen molar-refractivity contribution in [2.75, 3.05) is 20.8 Å². The van der Waals surface area contributed by atoms with Crippen LogP contribution in [0.2, 0.25) is 0 Å². The molecule has 1 amide bonds. The molecule has 2 N–H and O–H groups in total. The van der Waals surface area contributed by atoms with Crippen molar-refractivity contribution >= 4 is 11.6 Å².